The molecule has 0 aromatic heterocycles. The standard InChI is InChI=1S/C10H20O3/c1-5-12-6-7-13-10(11)9(4)8(2)3/h8-9H,5-7H2,1-4H3. The second kappa shape index (κ2) is 6.89. The van der Waals surface area contributed by atoms with Gasteiger partial charge in [0.25, 0.3) is 0 Å². The van der Waals surface area contributed by atoms with Crippen LogP contribution in [0, 0.1) is 11.8 Å². The van der Waals surface area contributed by atoms with Gasteiger partial charge in [-0.15, -0.1) is 0 Å². The summed E-state index contributed by atoms with van der Waals surface area (Å²) in [4.78, 5) is 11.3. The average Bonchev–Trinajstić information content (AvgIpc) is 2.10. The van der Waals surface area contributed by atoms with Crippen LogP contribution in [0.4, 0.5) is 0 Å². The Bertz CT molecular complexity index is 143. The SMILES string of the molecule is CCOCCOC(=O)C(C)C(C)C. The summed E-state index contributed by atoms with van der Waals surface area (Å²) in [6.07, 6.45) is 0. The molecule has 1 atom stereocenters. The largest absolute Gasteiger partial charge is 0.463 e. The third kappa shape index (κ3) is 5.64. The minimum absolute atomic E-state index is 0.0263. The number of ether oxygens (including phenoxy) is 2. The van der Waals surface area contributed by atoms with Crippen LogP contribution in [-0.2, 0) is 14.3 Å². The molecule has 0 heterocycles. The van der Waals surface area contributed by atoms with E-state index in [2.05, 4.69) is 0 Å². The van der Waals surface area contributed by atoms with Gasteiger partial charge in [-0.3, -0.25) is 4.79 Å². The molecular formula is C10H20O3. The first-order valence-corrected chi connectivity index (χ1v) is 4.84. The van der Waals surface area contributed by atoms with E-state index in [0.717, 1.165) is 0 Å². The molecule has 0 rings (SSSR count). The molecule has 0 aromatic carbocycles. The number of carbonyl (C=O) groups excluding carboxylic acids is 1. The second-order valence-electron chi connectivity index (χ2n) is 3.40. The maximum atomic E-state index is 11.3. The zero-order chi connectivity index (χ0) is 10.3. The highest BCUT2D eigenvalue weighted by Gasteiger charge is 2.17. The van der Waals surface area contributed by atoms with Crippen LogP contribution in [0.25, 0.3) is 0 Å². The maximum Gasteiger partial charge on any atom is 0.308 e. The molecule has 0 spiro atoms. The summed E-state index contributed by atoms with van der Waals surface area (Å²) in [5.74, 6) is 0.177. The van der Waals surface area contributed by atoms with E-state index in [1.54, 1.807) is 0 Å². The van der Waals surface area contributed by atoms with Crippen LogP contribution in [0.5, 0.6) is 0 Å². The Labute approximate surface area is 80.4 Å². The normalized spacial score (nSPS) is 13.0. The summed E-state index contributed by atoms with van der Waals surface area (Å²) in [5.41, 5.74) is 0. The number of hydrogen-bond acceptors (Lipinski definition) is 3. The first kappa shape index (κ1) is 12.4. The van der Waals surface area contributed by atoms with Crippen LogP contribution >= 0.6 is 0 Å². The quantitative estimate of drug-likeness (QED) is 0.471. The summed E-state index contributed by atoms with van der Waals surface area (Å²) in [5, 5.41) is 0. The summed E-state index contributed by atoms with van der Waals surface area (Å²) in [7, 11) is 0. The number of carbonyl (C=O) groups is 1. The third-order valence-electron chi connectivity index (χ3n) is 2.05. The van der Waals surface area contributed by atoms with E-state index >= 15 is 0 Å². The van der Waals surface area contributed by atoms with Crippen molar-refractivity contribution < 1.29 is 14.3 Å². The minimum atomic E-state index is -0.130. The lowest BCUT2D eigenvalue weighted by atomic mass is 9.99. The van der Waals surface area contributed by atoms with Crippen molar-refractivity contribution in [2.45, 2.75) is 27.7 Å². The fourth-order valence-corrected chi connectivity index (χ4v) is 0.749. The molecule has 0 aromatic rings. The molecule has 0 aliphatic heterocycles. The van der Waals surface area contributed by atoms with E-state index in [0.29, 0.717) is 25.7 Å². The van der Waals surface area contributed by atoms with E-state index in [4.69, 9.17) is 9.47 Å². The number of rotatable bonds is 6. The van der Waals surface area contributed by atoms with Gasteiger partial charge in [0, 0.05) is 6.61 Å². The van der Waals surface area contributed by atoms with Crippen molar-refractivity contribution in [1.82, 2.24) is 0 Å². The van der Waals surface area contributed by atoms with Crippen LogP contribution in [0.15, 0.2) is 0 Å². The molecule has 0 aliphatic carbocycles. The summed E-state index contributed by atoms with van der Waals surface area (Å²) >= 11 is 0. The van der Waals surface area contributed by atoms with Crippen LogP contribution in [0.1, 0.15) is 27.7 Å². The minimum Gasteiger partial charge on any atom is -0.463 e. The van der Waals surface area contributed by atoms with E-state index < -0.39 is 0 Å². The van der Waals surface area contributed by atoms with Crippen molar-refractivity contribution in [3.8, 4) is 0 Å². The fraction of sp³-hybridized carbons (Fsp3) is 0.900. The molecular weight excluding hydrogens is 168 g/mol. The van der Waals surface area contributed by atoms with Gasteiger partial charge in [0.2, 0.25) is 0 Å². The molecule has 78 valence electrons. The van der Waals surface area contributed by atoms with Gasteiger partial charge in [-0.2, -0.15) is 0 Å². The summed E-state index contributed by atoms with van der Waals surface area (Å²) in [6, 6.07) is 0. The molecule has 0 aliphatic rings. The Balaban J connectivity index is 3.50. The van der Waals surface area contributed by atoms with Gasteiger partial charge in [0.15, 0.2) is 0 Å². The molecule has 0 amide bonds. The number of esters is 1. The molecule has 0 bridgehead atoms. The first-order chi connectivity index (χ1) is 6.09. The zero-order valence-corrected chi connectivity index (χ0v) is 9.00. The van der Waals surface area contributed by atoms with E-state index in [1.807, 2.05) is 27.7 Å². The molecule has 1 unspecified atom stereocenters. The third-order valence-corrected chi connectivity index (χ3v) is 2.05. The summed E-state index contributed by atoms with van der Waals surface area (Å²) in [6.45, 7) is 9.34. The predicted octanol–water partition coefficient (Wildman–Crippen LogP) is 1.86. The molecule has 0 saturated heterocycles. The summed E-state index contributed by atoms with van der Waals surface area (Å²) < 4.78 is 10.1. The van der Waals surface area contributed by atoms with Gasteiger partial charge in [0.1, 0.15) is 6.61 Å². The highest BCUT2D eigenvalue weighted by Crippen LogP contribution is 2.10. The lowest BCUT2D eigenvalue weighted by Gasteiger charge is -2.14. The van der Waals surface area contributed by atoms with Gasteiger partial charge in [0.05, 0.1) is 12.5 Å². The molecule has 0 saturated carbocycles. The van der Waals surface area contributed by atoms with Crippen LogP contribution in [0.2, 0.25) is 0 Å². The molecule has 0 fully saturated rings. The highest BCUT2D eigenvalue weighted by molar-refractivity contribution is 5.72. The van der Waals surface area contributed by atoms with Crippen molar-refractivity contribution >= 4 is 5.97 Å². The lowest BCUT2D eigenvalue weighted by Crippen LogP contribution is -2.21. The average molecular weight is 188 g/mol. The fourth-order valence-electron chi connectivity index (χ4n) is 0.749. The Morgan fingerprint density at radius 2 is 1.85 bits per heavy atom. The van der Waals surface area contributed by atoms with E-state index in [1.165, 1.54) is 0 Å². The molecule has 0 N–H and O–H groups in total. The molecule has 0 radical (unpaired) electrons. The van der Waals surface area contributed by atoms with Crippen molar-refractivity contribution in [2.75, 3.05) is 19.8 Å². The second-order valence-corrected chi connectivity index (χ2v) is 3.40. The van der Waals surface area contributed by atoms with Gasteiger partial charge in [-0.1, -0.05) is 20.8 Å². The van der Waals surface area contributed by atoms with Gasteiger partial charge < -0.3 is 9.47 Å². The molecule has 13 heavy (non-hydrogen) atoms. The lowest BCUT2D eigenvalue weighted by molar-refractivity contribution is -0.150. The van der Waals surface area contributed by atoms with Crippen LogP contribution in [0.3, 0.4) is 0 Å². The predicted molar refractivity (Wildman–Crippen MR) is 51.5 cm³/mol. The van der Waals surface area contributed by atoms with Crippen LogP contribution < -0.4 is 0 Å². The van der Waals surface area contributed by atoms with Crippen molar-refractivity contribution in [1.29, 1.82) is 0 Å². The first-order valence-electron chi connectivity index (χ1n) is 4.84. The van der Waals surface area contributed by atoms with Crippen LogP contribution in [-0.4, -0.2) is 25.8 Å². The molecule has 3 heteroatoms. The Hall–Kier alpha value is -0.570. The van der Waals surface area contributed by atoms with Crippen molar-refractivity contribution in [3.05, 3.63) is 0 Å². The van der Waals surface area contributed by atoms with E-state index in [9.17, 15) is 4.79 Å². The Morgan fingerprint density at radius 1 is 1.23 bits per heavy atom. The molecule has 3 nitrogen and oxygen atoms in total. The van der Waals surface area contributed by atoms with Crippen molar-refractivity contribution in [2.24, 2.45) is 11.8 Å². The maximum absolute atomic E-state index is 11.3. The monoisotopic (exact) mass is 188 g/mol. The van der Waals surface area contributed by atoms with Gasteiger partial charge >= 0.3 is 5.97 Å². The van der Waals surface area contributed by atoms with Crippen molar-refractivity contribution in [3.63, 3.8) is 0 Å². The van der Waals surface area contributed by atoms with Gasteiger partial charge in [-0.25, -0.2) is 0 Å². The Kier molecular flexibility index (Phi) is 6.59. The van der Waals surface area contributed by atoms with Gasteiger partial charge in [-0.05, 0) is 12.8 Å². The topological polar surface area (TPSA) is 35.5 Å². The zero-order valence-electron chi connectivity index (χ0n) is 9.00. The number of hydrogen-bond donors (Lipinski definition) is 0. The smallest absolute Gasteiger partial charge is 0.308 e. The highest BCUT2D eigenvalue weighted by atomic mass is 16.6. The Morgan fingerprint density at radius 3 is 2.31 bits per heavy atom. The van der Waals surface area contributed by atoms with E-state index in [-0.39, 0.29) is 11.9 Å².